The minimum atomic E-state index is -1.47. The molecule has 0 heterocycles. The fourth-order valence-corrected chi connectivity index (χ4v) is 2.29. The summed E-state index contributed by atoms with van der Waals surface area (Å²) in [5, 5.41) is 21.0. The van der Waals surface area contributed by atoms with E-state index in [0.717, 1.165) is 24.2 Å². The SMILES string of the molecule is CCCCCCCCCCCC(=O)N(CC(=O)[O-])CC(=O)[O-].[K+].[K+]. The molecule has 0 aromatic rings. The number of rotatable bonds is 14. The number of amides is 1. The van der Waals surface area contributed by atoms with E-state index in [1.54, 1.807) is 0 Å². The zero-order chi connectivity index (χ0) is 16.8. The maximum absolute atomic E-state index is 11.8. The van der Waals surface area contributed by atoms with Crippen molar-refractivity contribution in [3.05, 3.63) is 0 Å². The van der Waals surface area contributed by atoms with Crippen molar-refractivity contribution in [2.75, 3.05) is 13.1 Å². The molecule has 0 atom stereocenters. The summed E-state index contributed by atoms with van der Waals surface area (Å²) >= 11 is 0. The minimum absolute atomic E-state index is 0. The van der Waals surface area contributed by atoms with Crippen LogP contribution >= 0.6 is 0 Å². The number of hydrogen-bond donors (Lipinski definition) is 0. The number of carbonyl (C=O) groups is 3. The Morgan fingerprint density at radius 2 is 1.08 bits per heavy atom. The van der Waals surface area contributed by atoms with Gasteiger partial charge in [0.15, 0.2) is 0 Å². The largest absolute Gasteiger partial charge is 1.00 e. The zero-order valence-corrected chi connectivity index (χ0v) is 21.7. The van der Waals surface area contributed by atoms with Gasteiger partial charge in [0, 0.05) is 6.42 Å². The van der Waals surface area contributed by atoms with E-state index in [-0.39, 0.29) is 109 Å². The second kappa shape index (κ2) is 21.0. The van der Waals surface area contributed by atoms with Crippen LogP contribution in [-0.2, 0) is 14.4 Å². The van der Waals surface area contributed by atoms with Gasteiger partial charge in [0.05, 0.1) is 25.0 Å². The number of aliphatic carboxylic acids is 2. The number of nitrogens with zero attached hydrogens (tertiary/aromatic N) is 1. The standard InChI is InChI=1S/C16H29NO5.2K/c1-2-3-4-5-6-7-8-9-10-11-14(18)17(12-15(19)20)13-16(21)22;;/h2-13H2,1H3,(H,19,20)(H,21,22);;/q;2*+1/p-2. The van der Waals surface area contributed by atoms with Gasteiger partial charge in [-0.1, -0.05) is 58.3 Å². The molecule has 0 spiro atoms. The first-order valence-electron chi connectivity index (χ1n) is 8.14. The third-order valence-electron chi connectivity index (χ3n) is 3.49. The molecule has 0 aromatic heterocycles. The number of hydrogen-bond acceptors (Lipinski definition) is 5. The van der Waals surface area contributed by atoms with Crippen molar-refractivity contribution < 1.29 is 127 Å². The fraction of sp³-hybridized carbons (Fsp3) is 0.812. The van der Waals surface area contributed by atoms with Crippen LogP contribution in [-0.4, -0.2) is 35.8 Å². The van der Waals surface area contributed by atoms with Crippen LogP contribution in [0.1, 0.15) is 71.1 Å². The maximum atomic E-state index is 11.8. The predicted octanol–water partition coefficient (Wildman–Crippen LogP) is -5.76. The van der Waals surface area contributed by atoms with E-state index in [9.17, 15) is 24.6 Å². The summed E-state index contributed by atoms with van der Waals surface area (Å²) in [5.41, 5.74) is 0. The first kappa shape index (κ1) is 30.4. The van der Waals surface area contributed by atoms with Gasteiger partial charge < -0.3 is 24.7 Å². The Kier molecular flexibility index (Phi) is 26.6. The monoisotopic (exact) mass is 391 g/mol. The number of carboxylic acids is 2. The van der Waals surface area contributed by atoms with E-state index in [0.29, 0.717) is 6.42 Å². The first-order valence-corrected chi connectivity index (χ1v) is 8.14. The molecule has 6 nitrogen and oxygen atoms in total. The summed E-state index contributed by atoms with van der Waals surface area (Å²) in [6, 6.07) is 0. The number of unbranched alkanes of at least 4 members (excludes halogenated alkanes) is 8. The smallest absolute Gasteiger partial charge is 0.548 e. The second-order valence-corrected chi connectivity index (χ2v) is 5.57. The minimum Gasteiger partial charge on any atom is -0.548 e. The number of carboxylic acid groups (broad SMARTS) is 2. The van der Waals surface area contributed by atoms with Crippen molar-refractivity contribution in [1.82, 2.24) is 4.90 Å². The molecule has 0 aliphatic carbocycles. The van der Waals surface area contributed by atoms with Gasteiger partial charge >= 0.3 is 103 Å². The maximum Gasteiger partial charge on any atom is 1.00 e. The van der Waals surface area contributed by atoms with Gasteiger partial charge in [0.2, 0.25) is 5.91 Å². The molecule has 0 saturated heterocycles. The molecule has 24 heavy (non-hydrogen) atoms. The van der Waals surface area contributed by atoms with Crippen LogP contribution in [0.3, 0.4) is 0 Å². The molecule has 1 amide bonds. The number of carbonyl (C=O) groups excluding carboxylic acids is 3. The molecule has 0 aliphatic rings. The summed E-state index contributed by atoms with van der Waals surface area (Å²) in [5.74, 6) is -3.42. The quantitative estimate of drug-likeness (QED) is 0.217. The van der Waals surface area contributed by atoms with E-state index < -0.39 is 30.9 Å². The van der Waals surface area contributed by atoms with E-state index >= 15 is 0 Å². The summed E-state index contributed by atoms with van der Waals surface area (Å²) in [6.45, 7) is 0.773. The third-order valence-corrected chi connectivity index (χ3v) is 3.49. The Morgan fingerprint density at radius 1 is 0.708 bits per heavy atom. The van der Waals surface area contributed by atoms with Crippen molar-refractivity contribution >= 4 is 17.8 Å². The molecule has 8 heteroatoms. The van der Waals surface area contributed by atoms with E-state index in [2.05, 4.69) is 6.92 Å². The van der Waals surface area contributed by atoms with E-state index in [4.69, 9.17) is 0 Å². The molecule has 128 valence electrons. The Labute approximate surface area is 230 Å². The Bertz CT molecular complexity index is 337. The van der Waals surface area contributed by atoms with Crippen LogP contribution in [0.25, 0.3) is 0 Å². The Morgan fingerprint density at radius 3 is 1.46 bits per heavy atom. The van der Waals surface area contributed by atoms with Gasteiger partial charge in [-0.15, -0.1) is 0 Å². The van der Waals surface area contributed by atoms with Crippen molar-refractivity contribution in [2.45, 2.75) is 71.1 Å². The predicted molar refractivity (Wildman–Crippen MR) is 78.4 cm³/mol. The van der Waals surface area contributed by atoms with Crippen LogP contribution in [0.4, 0.5) is 0 Å². The first-order chi connectivity index (χ1) is 10.5. The average Bonchev–Trinajstić information content (AvgIpc) is 2.43. The molecular formula is C16H27K2NO5. The molecule has 0 bridgehead atoms. The van der Waals surface area contributed by atoms with Crippen molar-refractivity contribution in [2.24, 2.45) is 0 Å². The Balaban J connectivity index is -0.00000220. The van der Waals surface area contributed by atoms with Crippen LogP contribution in [0.5, 0.6) is 0 Å². The molecular weight excluding hydrogens is 364 g/mol. The molecule has 0 radical (unpaired) electrons. The fourth-order valence-electron chi connectivity index (χ4n) is 2.29. The van der Waals surface area contributed by atoms with Crippen molar-refractivity contribution in [3.8, 4) is 0 Å². The molecule has 0 unspecified atom stereocenters. The van der Waals surface area contributed by atoms with Gasteiger partial charge in [0.1, 0.15) is 0 Å². The summed E-state index contributed by atoms with van der Waals surface area (Å²) in [7, 11) is 0. The summed E-state index contributed by atoms with van der Waals surface area (Å²) < 4.78 is 0. The topological polar surface area (TPSA) is 101 Å². The van der Waals surface area contributed by atoms with Gasteiger partial charge in [-0.2, -0.15) is 0 Å². The van der Waals surface area contributed by atoms with E-state index in [1.807, 2.05) is 0 Å². The molecule has 0 aromatic carbocycles. The van der Waals surface area contributed by atoms with Crippen LogP contribution in [0, 0.1) is 0 Å². The van der Waals surface area contributed by atoms with Gasteiger partial charge in [-0.3, -0.25) is 4.79 Å². The van der Waals surface area contributed by atoms with Crippen LogP contribution < -0.4 is 113 Å². The van der Waals surface area contributed by atoms with E-state index in [1.165, 1.54) is 32.1 Å². The Hall–Kier alpha value is 1.68. The normalized spacial score (nSPS) is 9.54. The molecule has 0 rings (SSSR count). The van der Waals surface area contributed by atoms with Gasteiger partial charge in [0.25, 0.3) is 0 Å². The van der Waals surface area contributed by atoms with Crippen LogP contribution in [0.15, 0.2) is 0 Å². The van der Waals surface area contributed by atoms with Gasteiger partial charge in [-0.25, -0.2) is 0 Å². The molecule has 0 N–H and O–H groups in total. The summed E-state index contributed by atoms with van der Waals surface area (Å²) in [4.78, 5) is 33.5. The molecule has 0 aliphatic heterocycles. The summed E-state index contributed by atoms with van der Waals surface area (Å²) in [6.07, 6.45) is 10.1. The van der Waals surface area contributed by atoms with Crippen LogP contribution in [0.2, 0.25) is 0 Å². The van der Waals surface area contributed by atoms with Gasteiger partial charge in [-0.05, 0) is 6.42 Å². The molecule has 0 saturated carbocycles. The van der Waals surface area contributed by atoms with Crippen molar-refractivity contribution in [1.29, 1.82) is 0 Å². The average molecular weight is 392 g/mol. The second-order valence-electron chi connectivity index (χ2n) is 5.57. The zero-order valence-electron chi connectivity index (χ0n) is 15.5. The third kappa shape index (κ3) is 20.0. The van der Waals surface area contributed by atoms with Crippen molar-refractivity contribution in [3.63, 3.8) is 0 Å². The molecule has 0 fully saturated rings.